The molecule has 2 rings (SSSR count). The van der Waals surface area contributed by atoms with E-state index in [4.69, 9.17) is 5.73 Å². The second-order valence-corrected chi connectivity index (χ2v) is 6.16. The summed E-state index contributed by atoms with van der Waals surface area (Å²) in [4.78, 5) is 12.2. The van der Waals surface area contributed by atoms with Crippen molar-refractivity contribution in [1.29, 1.82) is 0 Å². The van der Waals surface area contributed by atoms with Gasteiger partial charge in [0.1, 0.15) is 0 Å². The Morgan fingerprint density at radius 1 is 1.33 bits per heavy atom. The first-order valence-electron chi connectivity index (χ1n) is 7.45. The molecule has 0 radical (unpaired) electrons. The van der Waals surface area contributed by atoms with E-state index >= 15 is 0 Å². The minimum Gasteiger partial charge on any atom is -0.504 e. The third-order valence-electron chi connectivity index (χ3n) is 4.63. The number of phenolic OH excluding ortho intramolecular Hbond substituents is 2. The zero-order valence-corrected chi connectivity index (χ0v) is 12.5. The monoisotopic (exact) mass is 292 g/mol. The normalized spacial score (nSPS) is 26.5. The Labute approximate surface area is 125 Å². The van der Waals surface area contributed by atoms with Gasteiger partial charge in [-0.15, -0.1) is 0 Å². The lowest BCUT2D eigenvalue weighted by Crippen LogP contribution is -2.47. The van der Waals surface area contributed by atoms with Gasteiger partial charge in [0.2, 0.25) is 5.91 Å². The van der Waals surface area contributed by atoms with Crippen molar-refractivity contribution in [3.8, 4) is 11.5 Å². The van der Waals surface area contributed by atoms with Crippen molar-refractivity contribution in [2.75, 3.05) is 0 Å². The number of amides is 1. The molecular weight excluding hydrogens is 268 g/mol. The van der Waals surface area contributed by atoms with Crippen LogP contribution in [0.25, 0.3) is 0 Å². The van der Waals surface area contributed by atoms with Crippen molar-refractivity contribution in [2.24, 2.45) is 17.6 Å². The Morgan fingerprint density at radius 3 is 2.62 bits per heavy atom. The van der Waals surface area contributed by atoms with E-state index in [0.717, 1.165) is 18.4 Å². The molecule has 1 aromatic rings. The van der Waals surface area contributed by atoms with Crippen LogP contribution in [0.2, 0.25) is 0 Å². The molecule has 1 aromatic carbocycles. The number of phenols is 2. The van der Waals surface area contributed by atoms with Crippen LogP contribution in [0.1, 0.15) is 32.3 Å². The molecule has 0 aliphatic heterocycles. The van der Waals surface area contributed by atoms with Crippen LogP contribution < -0.4 is 11.1 Å². The molecule has 0 spiro atoms. The van der Waals surface area contributed by atoms with Gasteiger partial charge in [0, 0.05) is 6.04 Å². The Balaban J connectivity index is 1.92. The van der Waals surface area contributed by atoms with Crippen LogP contribution in [0.4, 0.5) is 0 Å². The molecule has 1 amide bonds. The number of hydrogen-bond donors (Lipinski definition) is 4. The molecule has 1 aliphatic carbocycles. The second kappa shape index (κ2) is 6.35. The number of nitrogens with one attached hydrogen (secondary N) is 1. The van der Waals surface area contributed by atoms with Gasteiger partial charge in [-0.25, -0.2) is 0 Å². The fourth-order valence-electron chi connectivity index (χ4n) is 2.90. The molecule has 1 aliphatic rings. The molecule has 21 heavy (non-hydrogen) atoms. The zero-order chi connectivity index (χ0) is 15.6. The number of hydrogen-bond acceptors (Lipinski definition) is 4. The van der Waals surface area contributed by atoms with Crippen LogP contribution >= 0.6 is 0 Å². The number of carbonyl (C=O) groups is 1. The summed E-state index contributed by atoms with van der Waals surface area (Å²) in [5.74, 6) is 0.567. The lowest BCUT2D eigenvalue weighted by atomic mass is 9.97. The lowest BCUT2D eigenvalue weighted by molar-refractivity contribution is -0.123. The maximum atomic E-state index is 12.2. The van der Waals surface area contributed by atoms with Gasteiger partial charge in [0.05, 0.1) is 6.04 Å². The van der Waals surface area contributed by atoms with E-state index in [2.05, 4.69) is 19.2 Å². The van der Waals surface area contributed by atoms with Gasteiger partial charge in [-0.05, 0) is 48.8 Å². The van der Waals surface area contributed by atoms with Gasteiger partial charge in [0.25, 0.3) is 0 Å². The molecule has 0 bridgehead atoms. The van der Waals surface area contributed by atoms with Crippen LogP contribution in [-0.2, 0) is 11.2 Å². The van der Waals surface area contributed by atoms with Crippen molar-refractivity contribution in [3.63, 3.8) is 0 Å². The summed E-state index contributed by atoms with van der Waals surface area (Å²) in [5.41, 5.74) is 6.66. The van der Waals surface area contributed by atoms with Crippen LogP contribution in [-0.4, -0.2) is 28.2 Å². The Morgan fingerprint density at radius 2 is 2.05 bits per heavy atom. The predicted molar refractivity (Wildman–Crippen MR) is 80.9 cm³/mol. The number of nitrogens with two attached hydrogens (primary N) is 1. The predicted octanol–water partition coefficient (Wildman–Crippen LogP) is 1.52. The van der Waals surface area contributed by atoms with Crippen molar-refractivity contribution in [3.05, 3.63) is 23.8 Å². The molecule has 0 saturated heterocycles. The molecular formula is C16H24N2O3. The molecule has 3 unspecified atom stereocenters. The molecule has 1 saturated carbocycles. The summed E-state index contributed by atoms with van der Waals surface area (Å²) < 4.78 is 0. The highest BCUT2D eigenvalue weighted by Gasteiger charge is 2.31. The summed E-state index contributed by atoms with van der Waals surface area (Å²) in [6, 6.07) is 4.03. The Kier molecular flexibility index (Phi) is 4.73. The summed E-state index contributed by atoms with van der Waals surface area (Å²) >= 11 is 0. The standard InChI is InChI=1S/C16H24N2O3/c1-9-3-5-13(10(9)2)18-16(21)12(17)7-11-4-6-14(19)15(20)8-11/h4,6,8-10,12-13,19-20H,3,5,7,17H2,1-2H3,(H,18,21)/t9?,10?,12-,13?/m0/s1. The van der Waals surface area contributed by atoms with Crippen molar-refractivity contribution < 1.29 is 15.0 Å². The largest absolute Gasteiger partial charge is 0.504 e. The molecule has 0 heterocycles. The third kappa shape index (κ3) is 3.67. The van der Waals surface area contributed by atoms with Gasteiger partial charge >= 0.3 is 0 Å². The molecule has 116 valence electrons. The molecule has 5 nitrogen and oxygen atoms in total. The van der Waals surface area contributed by atoms with Crippen LogP contribution in [0.15, 0.2) is 18.2 Å². The Hall–Kier alpha value is -1.75. The number of benzene rings is 1. The zero-order valence-electron chi connectivity index (χ0n) is 12.5. The number of carbonyl (C=O) groups excluding carboxylic acids is 1. The summed E-state index contributed by atoms with van der Waals surface area (Å²) in [5, 5.41) is 21.8. The van der Waals surface area contributed by atoms with E-state index in [1.165, 1.54) is 12.1 Å². The lowest BCUT2D eigenvalue weighted by Gasteiger charge is -2.22. The summed E-state index contributed by atoms with van der Waals surface area (Å²) in [6.07, 6.45) is 2.46. The fourth-order valence-corrected chi connectivity index (χ4v) is 2.90. The SMILES string of the molecule is CC1CCC(NC(=O)[C@@H](N)Cc2ccc(O)c(O)c2)C1C. The number of aromatic hydroxyl groups is 2. The quantitative estimate of drug-likeness (QED) is 0.633. The highest BCUT2D eigenvalue weighted by Crippen LogP contribution is 2.31. The fraction of sp³-hybridized carbons (Fsp3) is 0.562. The maximum absolute atomic E-state index is 12.2. The average molecular weight is 292 g/mol. The van der Waals surface area contributed by atoms with Crippen molar-refractivity contribution in [1.82, 2.24) is 5.32 Å². The van der Waals surface area contributed by atoms with Crippen LogP contribution in [0, 0.1) is 11.8 Å². The van der Waals surface area contributed by atoms with E-state index in [1.54, 1.807) is 6.07 Å². The average Bonchev–Trinajstić information content (AvgIpc) is 2.75. The molecule has 4 atom stereocenters. The molecule has 0 aromatic heterocycles. The minimum atomic E-state index is -0.656. The highest BCUT2D eigenvalue weighted by molar-refractivity contribution is 5.82. The van der Waals surface area contributed by atoms with E-state index < -0.39 is 6.04 Å². The maximum Gasteiger partial charge on any atom is 0.237 e. The van der Waals surface area contributed by atoms with Gasteiger partial charge in [-0.2, -0.15) is 0 Å². The number of rotatable bonds is 4. The molecule has 5 N–H and O–H groups in total. The Bertz CT molecular complexity index is 518. The van der Waals surface area contributed by atoms with Gasteiger partial charge in [0.15, 0.2) is 11.5 Å². The minimum absolute atomic E-state index is 0.159. The first kappa shape index (κ1) is 15.6. The van der Waals surface area contributed by atoms with Gasteiger partial charge in [-0.3, -0.25) is 4.79 Å². The molecule has 5 heteroatoms. The topological polar surface area (TPSA) is 95.6 Å². The van der Waals surface area contributed by atoms with Gasteiger partial charge < -0.3 is 21.3 Å². The van der Waals surface area contributed by atoms with Gasteiger partial charge in [-0.1, -0.05) is 19.9 Å². The van der Waals surface area contributed by atoms with E-state index in [-0.39, 0.29) is 23.4 Å². The van der Waals surface area contributed by atoms with Crippen molar-refractivity contribution in [2.45, 2.75) is 45.2 Å². The summed E-state index contributed by atoms with van der Waals surface area (Å²) in [6.45, 7) is 4.36. The van der Waals surface area contributed by atoms with Crippen LogP contribution in [0.5, 0.6) is 11.5 Å². The summed E-state index contributed by atoms with van der Waals surface area (Å²) in [7, 11) is 0. The van der Waals surface area contributed by atoms with E-state index in [0.29, 0.717) is 18.3 Å². The van der Waals surface area contributed by atoms with E-state index in [1.807, 2.05) is 0 Å². The van der Waals surface area contributed by atoms with Crippen molar-refractivity contribution >= 4 is 5.91 Å². The highest BCUT2D eigenvalue weighted by atomic mass is 16.3. The van der Waals surface area contributed by atoms with E-state index in [9.17, 15) is 15.0 Å². The molecule has 1 fully saturated rings. The smallest absolute Gasteiger partial charge is 0.237 e. The first-order chi connectivity index (χ1) is 9.88. The second-order valence-electron chi connectivity index (χ2n) is 6.16. The third-order valence-corrected chi connectivity index (χ3v) is 4.63. The van der Waals surface area contributed by atoms with Crippen LogP contribution in [0.3, 0.4) is 0 Å². The first-order valence-corrected chi connectivity index (χ1v) is 7.45.